The predicted molar refractivity (Wildman–Crippen MR) is 109 cm³/mol. The molecule has 6 nitrogen and oxygen atoms in total. The van der Waals surface area contributed by atoms with E-state index in [1.54, 1.807) is 14.2 Å². The molecule has 0 amide bonds. The Hall–Kier alpha value is -2.89. The van der Waals surface area contributed by atoms with Crippen LogP contribution < -0.4 is 25.4 Å². The fourth-order valence-corrected chi connectivity index (χ4v) is 2.66. The van der Waals surface area contributed by atoms with Crippen molar-refractivity contribution in [1.29, 1.82) is 0 Å². The van der Waals surface area contributed by atoms with Crippen molar-refractivity contribution in [2.24, 2.45) is 10.7 Å². The Kier molecular flexibility index (Phi) is 7.61. The van der Waals surface area contributed by atoms with Crippen LogP contribution >= 0.6 is 0 Å². The summed E-state index contributed by atoms with van der Waals surface area (Å²) < 4.78 is 10.6. The lowest BCUT2D eigenvalue weighted by molar-refractivity contribution is 0.405. The maximum absolute atomic E-state index is 6.01. The number of nitrogens with zero attached hydrogens (tertiary/aromatic N) is 2. The van der Waals surface area contributed by atoms with Crippen LogP contribution in [0.1, 0.15) is 13.3 Å². The van der Waals surface area contributed by atoms with Crippen LogP contribution in [0.25, 0.3) is 0 Å². The minimum Gasteiger partial charge on any atom is -0.497 e. The first-order chi connectivity index (χ1) is 12.7. The summed E-state index contributed by atoms with van der Waals surface area (Å²) in [4.78, 5) is 6.73. The largest absolute Gasteiger partial charge is 0.497 e. The molecule has 0 aliphatic rings. The van der Waals surface area contributed by atoms with Gasteiger partial charge in [0.1, 0.15) is 11.5 Å². The van der Waals surface area contributed by atoms with Gasteiger partial charge in [-0.1, -0.05) is 18.2 Å². The van der Waals surface area contributed by atoms with Crippen LogP contribution in [0, 0.1) is 0 Å². The van der Waals surface area contributed by atoms with Crippen LogP contribution in [-0.2, 0) is 0 Å². The first-order valence-corrected chi connectivity index (χ1v) is 8.77. The number of nitrogens with one attached hydrogen (secondary N) is 1. The molecule has 2 rings (SSSR count). The van der Waals surface area contributed by atoms with Gasteiger partial charge in [-0.05, 0) is 37.6 Å². The van der Waals surface area contributed by atoms with Crippen LogP contribution in [0.2, 0.25) is 0 Å². The molecule has 6 heteroatoms. The first kappa shape index (κ1) is 19.4. The highest BCUT2D eigenvalue weighted by atomic mass is 16.5. The molecule has 0 atom stereocenters. The monoisotopic (exact) mass is 356 g/mol. The van der Waals surface area contributed by atoms with Gasteiger partial charge in [-0.15, -0.1) is 0 Å². The molecule has 0 fully saturated rings. The Morgan fingerprint density at radius 1 is 1.12 bits per heavy atom. The summed E-state index contributed by atoms with van der Waals surface area (Å²) in [6, 6.07) is 15.9. The van der Waals surface area contributed by atoms with Crippen LogP contribution in [-0.4, -0.2) is 39.8 Å². The maximum Gasteiger partial charge on any atom is 0.193 e. The van der Waals surface area contributed by atoms with Gasteiger partial charge in [-0.2, -0.15) is 0 Å². The lowest BCUT2D eigenvalue weighted by Crippen LogP contribution is -2.26. The number of ether oxygens (including phenoxy) is 2. The molecule has 0 heterocycles. The normalized spacial score (nSPS) is 11.1. The highest BCUT2D eigenvalue weighted by molar-refractivity contribution is 5.94. The quantitative estimate of drug-likeness (QED) is 0.410. The summed E-state index contributed by atoms with van der Waals surface area (Å²) in [5.74, 6) is 1.77. The van der Waals surface area contributed by atoms with Gasteiger partial charge >= 0.3 is 0 Å². The lowest BCUT2D eigenvalue weighted by atomic mass is 10.2. The fraction of sp³-hybridized carbons (Fsp3) is 0.350. The van der Waals surface area contributed by atoms with E-state index in [2.05, 4.69) is 46.4 Å². The summed E-state index contributed by atoms with van der Waals surface area (Å²) in [6.45, 7) is 4.69. The van der Waals surface area contributed by atoms with E-state index in [-0.39, 0.29) is 0 Å². The zero-order valence-electron chi connectivity index (χ0n) is 15.7. The third kappa shape index (κ3) is 5.58. The minimum absolute atomic E-state index is 0.360. The zero-order chi connectivity index (χ0) is 18.8. The van der Waals surface area contributed by atoms with Crippen LogP contribution in [0.3, 0.4) is 0 Å². The second-order valence-electron chi connectivity index (χ2n) is 5.73. The van der Waals surface area contributed by atoms with Crippen molar-refractivity contribution in [3.05, 3.63) is 48.5 Å². The van der Waals surface area contributed by atoms with E-state index in [9.17, 15) is 0 Å². The fourth-order valence-electron chi connectivity index (χ4n) is 2.66. The van der Waals surface area contributed by atoms with E-state index in [0.29, 0.717) is 18.3 Å². The standard InChI is InChI=1S/C20H28N4O2/c1-4-24(16-9-6-5-7-10-16)14-8-13-22-20(21)23-18-15-17(25-2)11-12-19(18)26-3/h5-7,9-12,15H,4,8,13-14H2,1-3H3,(H3,21,22,23). The maximum atomic E-state index is 6.01. The third-order valence-electron chi connectivity index (χ3n) is 4.04. The van der Waals surface area contributed by atoms with Gasteiger partial charge in [0.05, 0.1) is 19.9 Å². The number of anilines is 2. The molecule has 0 aliphatic carbocycles. The molecular weight excluding hydrogens is 328 g/mol. The number of guanidine groups is 1. The first-order valence-electron chi connectivity index (χ1n) is 8.77. The summed E-state index contributed by atoms with van der Waals surface area (Å²) in [7, 11) is 3.23. The average Bonchev–Trinajstić information content (AvgIpc) is 2.68. The smallest absolute Gasteiger partial charge is 0.193 e. The number of benzene rings is 2. The van der Waals surface area contributed by atoms with Gasteiger partial charge in [0, 0.05) is 31.4 Å². The van der Waals surface area contributed by atoms with Crippen LogP contribution in [0.4, 0.5) is 11.4 Å². The number of rotatable bonds is 9. The van der Waals surface area contributed by atoms with E-state index in [1.807, 2.05) is 24.3 Å². The highest BCUT2D eigenvalue weighted by Crippen LogP contribution is 2.28. The predicted octanol–water partition coefficient (Wildman–Crippen LogP) is 3.35. The van der Waals surface area contributed by atoms with Gasteiger partial charge in [0.15, 0.2) is 5.96 Å². The number of para-hydroxylation sites is 1. The Labute approximate surface area is 155 Å². The van der Waals surface area contributed by atoms with E-state index in [1.165, 1.54) is 5.69 Å². The van der Waals surface area contributed by atoms with Crippen molar-refractivity contribution in [2.75, 3.05) is 44.1 Å². The number of hydrogen-bond acceptors (Lipinski definition) is 4. The Morgan fingerprint density at radius 2 is 1.88 bits per heavy atom. The van der Waals surface area contributed by atoms with Crippen molar-refractivity contribution in [3.8, 4) is 11.5 Å². The molecule has 0 saturated carbocycles. The van der Waals surface area contributed by atoms with Crippen LogP contribution in [0.15, 0.2) is 53.5 Å². The number of aliphatic imine (C=N–C) groups is 1. The number of hydrogen-bond donors (Lipinski definition) is 2. The van der Waals surface area contributed by atoms with E-state index >= 15 is 0 Å². The molecule has 0 aromatic heterocycles. The SMILES string of the molecule is CCN(CCCN=C(N)Nc1cc(OC)ccc1OC)c1ccccc1. The topological polar surface area (TPSA) is 72.1 Å². The van der Waals surface area contributed by atoms with Crippen molar-refractivity contribution < 1.29 is 9.47 Å². The molecule has 2 aromatic rings. The number of methoxy groups -OCH3 is 2. The summed E-state index contributed by atoms with van der Waals surface area (Å²) in [6.07, 6.45) is 0.917. The van der Waals surface area contributed by atoms with Gasteiger partial charge in [-0.25, -0.2) is 0 Å². The molecule has 3 N–H and O–H groups in total. The summed E-state index contributed by atoms with van der Waals surface area (Å²) >= 11 is 0. The molecule has 0 unspecified atom stereocenters. The van der Waals surface area contributed by atoms with Crippen molar-refractivity contribution >= 4 is 17.3 Å². The Bertz CT molecular complexity index is 704. The van der Waals surface area contributed by atoms with Gasteiger partial charge in [-0.3, -0.25) is 4.99 Å². The molecule has 0 bridgehead atoms. The summed E-state index contributed by atoms with van der Waals surface area (Å²) in [5, 5.41) is 3.08. The summed E-state index contributed by atoms with van der Waals surface area (Å²) in [5.41, 5.74) is 7.97. The van der Waals surface area contributed by atoms with Gasteiger partial charge < -0.3 is 25.4 Å². The molecule has 26 heavy (non-hydrogen) atoms. The second kappa shape index (κ2) is 10.2. The Balaban J connectivity index is 1.88. The second-order valence-corrected chi connectivity index (χ2v) is 5.73. The molecule has 2 aromatic carbocycles. The third-order valence-corrected chi connectivity index (χ3v) is 4.04. The van der Waals surface area contributed by atoms with Gasteiger partial charge in [0.25, 0.3) is 0 Å². The van der Waals surface area contributed by atoms with Gasteiger partial charge in [0.2, 0.25) is 0 Å². The molecule has 0 saturated heterocycles. The van der Waals surface area contributed by atoms with E-state index in [4.69, 9.17) is 15.2 Å². The lowest BCUT2D eigenvalue weighted by Gasteiger charge is -2.22. The van der Waals surface area contributed by atoms with E-state index in [0.717, 1.165) is 30.9 Å². The van der Waals surface area contributed by atoms with Crippen LogP contribution in [0.5, 0.6) is 11.5 Å². The molecule has 140 valence electrons. The zero-order valence-corrected chi connectivity index (χ0v) is 15.7. The van der Waals surface area contributed by atoms with E-state index < -0.39 is 0 Å². The highest BCUT2D eigenvalue weighted by Gasteiger charge is 2.06. The molecule has 0 aliphatic heterocycles. The Morgan fingerprint density at radius 3 is 2.54 bits per heavy atom. The number of nitrogens with two attached hydrogens (primary N) is 1. The molecule has 0 radical (unpaired) electrons. The molecular formula is C20H28N4O2. The van der Waals surface area contributed by atoms with Crippen molar-refractivity contribution in [2.45, 2.75) is 13.3 Å². The van der Waals surface area contributed by atoms with Crippen molar-refractivity contribution in [1.82, 2.24) is 0 Å². The molecule has 0 spiro atoms. The minimum atomic E-state index is 0.360. The average molecular weight is 356 g/mol. The van der Waals surface area contributed by atoms with Crippen molar-refractivity contribution in [3.63, 3.8) is 0 Å².